The SMILES string of the molecule is COc1cccc2c1OC[C@@H](C(=O)NCCc1nc3ccccc3c(=O)[nH]1)C2. The molecule has 1 atom stereocenters. The summed E-state index contributed by atoms with van der Waals surface area (Å²) in [4.78, 5) is 31.8. The Bertz CT molecular complexity index is 1080. The van der Waals surface area contributed by atoms with Crippen LogP contribution in [0, 0.1) is 5.92 Å². The molecule has 0 unspecified atom stereocenters. The number of methoxy groups -OCH3 is 1. The lowest BCUT2D eigenvalue weighted by atomic mass is 9.95. The molecule has 0 aliphatic carbocycles. The van der Waals surface area contributed by atoms with Gasteiger partial charge >= 0.3 is 0 Å². The van der Waals surface area contributed by atoms with Crippen molar-refractivity contribution >= 4 is 16.8 Å². The first-order valence-corrected chi connectivity index (χ1v) is 9.20. The predicted molar refractivity (Wildman–Crippen MR) is 105 cm³/mol. The first kappa shape index (κ1) is 18.0. The Kier molecular flexibility index (Phi) is 4.97. The van der Waals surface area contributed by atoms with E-state index < -0.39 is 0 Å². The van der Waals surface area contributed by atoms with Gasteiger partial charge in [-0.05, 0) is 30.2 Å². The summed E-state index contributed by atoms with van der Waals surface area (Å²) in [6, 6.07) is 12.9. The fourth-order valence-corrected chi connectivity index (χ4v) is 3.42. The molecule has 28 heavy (non-hydrogen) atoms. The van der Waals surface area contributed by atoms with Crippen LogP contribution in [0.3, 0.4) is 0 Å². The lowest BCUT2D eigenvalue weighted by Gasteiger charge is -2.25. The zero-order chi connectivity index (χ0) is 19.5. The van der Waals surface area contributed by atoms with Gasteiger partial charge < -0.3 is 19.8 Å². The minimum Gasteiger partial charge on any atom is -0.493 e. The molecule has 1 aliphatic heterocycles. The summed E-state index contributed by atoms with van der Waals surface area (Å²) < 4.78 is 11.1. The third-order valence-electron chi connectivity index (χ3n) is 4.87. The van der Waals surface area contributed by atoms with Crippen molar-refractivity contribution in [1.82, 2.24) is 15.3 Å². The van der Waals surface area contributed by atoms with E-state index >= 15 is 0 Å². The van der Waals surface area contributed by atoms with Crippen LogP contribution >= 0.6 is 0 Å². The highest BCUT2D eigenvalue weighted by molar-refractivity contribution is 5.80. The normalized spacial score (nSPS) is 15.5. The molecule has 4 rings (SSSR count). The first-order chi connectivity index (χ1) is 13.7. The van der Waals surface area contributed by atoms with Gasteiger partial charge in [0.1, 0.15) is 12.4 Å². The summed E-state index contributed by atoms with van der Waals surface area (Å²) in [5.41, 5.74) is 1.45. The molecule has 0 bridgehead atoms. The van der Waals surface area contributed by atoms with Crippen LogP contribution in [-0.4, -0.2) is 36.1 Å². The summed E-state index contributed by atoms with van der Waals surface area (Å²) in [5.74, 6) is 1.62. The maximum absolute atomic E-state index is 12.5. The molecule has 0 radical (unpaired) electrons. The molecular weight excluding hydrogens is 358 g/mol. The molecule has 2 aromatic carbocycles. The number of nitrogens with one attached hydrogen (secondary N) is 2. The number of carbonyl (C=O) groups is 1. The lowest BCUT2D eigenvalue weighted by molar-refractivity contribution is -0.126. The van der Waals surface area contributed by atoms with E-state index in [0.29, 0.717) is 54.2 Å². The predicted octanol–water partition coefficient (Wildman–Crippen LogP) is 1.84. The topological polar surface area (TPSA) is 93.3 Å². The van der Waals surface area contributed by atoms with Crippen LogP contribution in [-0.2, 0) is 17.6 Å². The van der Waals surface area contributed by atoms with Crippen LogP contribution in [0.4, 0.5) is 0 Å². The summed E-state index contributed by atoms with van der Waals surface area (Å²) >= 11 is 0. The number of para-hydroxylation sites is 2. The quantitative estimate of drug-likeness (QED) is 0.706. The molecule has 0 fully saturated rings. The third kappa shape index (κ3) is 3.55. The van der Waals surface area contributed by atoms with Crippen molar-refractivity contribution in [1.29, 1.82) is 0 Å². The van der Waals surface area contributed by atoms with E-state index in [2.05, 4.69) is 15.3 Å². The molecule has 2 heterocycles. The zero-order valence-corrected chi connectivity index (χ0v) is 15.5. The molecule has 1 aliphatic rings. The van der Waals surface area contributed by atoms with E-state index in [1.165, 1.54) is 0 Å². The van der Waals surface area contributed by atoms with Crippen molar-refractivity contribution in [2.75, 3.05) is 20.3 Å². The van der Waals surface area contributed by atoms with Crippen LogP contribution in [0.25, 0.3) is 10.9 Å². The van der Waals surface area contributed by atoms with E-state index in [4.69, 9.17) is 9.47 Å². The maximum Gasteiger partial charge on any atom is 0.258 e. The number of rotatable bonds is 5. The number of fused-ring (bicyclic) bond motifs is 2. The van der Waals surface area contributed by atoms with Crippen molar-refractivity contribution < 1.29 is 14.3 Å². The molecular formula is C21H21N3O4. The molecule has 0 saturated heterocycles. The smallest absolute Gasteiger partial charge is 0.258 e. The van der Waals surface area contributed by atoms with Crippen LogP contribution in [0.2, 0.25) is 0 Å². The van der Waals surface area contributed by atoms with E-state index in [9.17, 15) is 9.59 Å². The van der Waals surface area contributed by atoms with Gasteiger partial charge in [0.2, 0.25) is 5.91 Å². The minimum absolute atomic E-state index is 0.0726. The highest BCUT2D eigenvalue weighted by atomic mass is 16.5. The Morgan fingerprint density at radius 3 is 3.00 bits per heavy atom. The Morgan fingerprint density at radius 2 is 2.14 bits per heavy atom. The number of H-pyrrole nitrogens is 1. The second-order valence-corrected chi connectivity index (χ2v) is 6.73. The second-order valence-electron chi connectivity index (χ2n) is 6.73. The van der Waals surface area contributed by atoms with E-state index in [1.807, 2.05) is 24.3 Å². The molecule has 2 N–H and O–H groups in total. The largest absolute Gasteiger partial charge is 0.493 e. The summed E-state index contributed by atoms with van der Waals surface area (Å²) in [6.45, 7) is 0.700. The van der Waals surface area contributed by atoms with Gasteiger partial charge in [-0.1, -0.05) is 24.3 Å². The number of hydrogen-bond donors (Lipinski definition) is 2. The van der Waals surface area contributed by atoms with Crippen molar-refractivity contribution in [3.05, 3.63) is 64.2 Å². The van der Waals surface area contributed by atoms with Crippen LogP contribution in [0.1, 0.15) is 11.4 Å². The lowest BCUT2D eigenvalue weighted by Crippen LogP contribution is -2.38. The minimum atomic E-state index is -0.261. The molecule has 144 valence electrons. The number of benzene rings is 2. The number of hydrogen-bond acceptors (Lipinski definition) is 5. The maximum atomic E-state index is 12.5. The standard InChI is InChI=1S/C21H21N3O4/c1-27-17-8-4-5-13-11-14(12-28-19(13)17)20(25)22-10-9-18-23-16-7-3-2-6-15(16)21(26)24-18/h2-8,14H,9-12H2,1H3,(H,22,25)(H,23,24,26)/t14-/m0/s1. The second kappa shape index (κ2) is 7.72. The Labute approximate surface area is 161 Å². The number of aromatic nitrogens is 2. The molecule has 1 aromatic heterocycles. The molecule has 7 nitrogen and oxygen atoms in total. The molecule has 3 aromatic rings. The van der Waals surface area contributed by atoms with Crippen molar-refractivity contribution in [2.24, 2.45) is 5.92 Å². The van der Waals surface area contributed by atoms with Crippen molar-refractivity contribution in [2.45, 2.75) is 12.8 Å². The summed E-state index contributed by atoms with van der Waals surface area (Å²) in [5, 5.41) is 3.47. The van der Waals surface area contributed by atoms with Gasteiger partial charge in [0, 0.05) is 13.0 Å². The van der Waals surface area contributed by atoms with Gasteiger partial charge in [-0.15, -0.1) is 0 Å². The Hall–Kier alpha value is -3.35. The average Bonchev–Trinajstić information content (AvgIpc) is 2.73. The zero-order valence-electron chi connectivity index (χ0n) is 15.5. The van der Waals surface area contributed by atoms with Gasteiger partial charge in [0.15, 0.2) is 11.5 Å². The van der Waals surface area contributed by atoms with Gasteiger partial charge in [-0.2, -0.15) is 0 Å². The number of nitrogens with zero attached hydrogens (tertiary/aromatic N) is 1. The molecule has 7 heteroatoms. The summed E-state index contributed by atoms with van der Waals surface area (Å²) in [7, 11) is 1.60. The number of aromatic amines is 1. The van der Waals surface area contributed by atoms with Crippen molar-refractivity contribution in [3.63, 3.8) is 0 Å². The first-order valence-electron chi connectivity index (χ1n) is 9.20. The van der Waals surface area contributed by atoms with E-state index in [-0.39, 0.29) is 17.4 Å². The number of carbonyl (C=O) groups excluding carboxylic acids is 1. The van der Waals surface area contributed by atoms with Crippen molar-refractivity contribution in [3.8, 4) is 11.5 Å². The Balaban J connectivity index is 1.37. The van der Waals surface area contributed by atoms with Gasteiger partial charge in [0.05, 0.1) is 23.9 Å². The number of amides is 1. The van der Waals surface area contributed by atoms with E-state index in [1.54, 1.807) is 25.3 Å². The van der Waals surface area contributed by atoms with Gasteiger partial charge in [0.25, 0.3) is 5.56 Å². The monoisotopic (exact) mass is 379 g/mol. The Morgan fingerprint density at radius 1 is 1.29 bits per heavy atom. The van der Waals surface area contributed by atoms with Crippen LogP contribution in [0.15, 0.2) is 47.3 Å². The highest BCUT2D eigenvalue weighted by Crippen LogP contribution is 2.35. The highest BCUT2D eigenvalue weighted by Gasteiger charge is 2.27. The summed E-state index contributed by atoms with van der Waals surface area (Å²) in [6.07, 6.45) is 1.05. The molecule has 0 spiro atoms. The molecule has 1 amide bonds. The molecule has 0 saturated carbocycles. The third-order valence-corrected chi connectivity index (χ3v) is 4.87. The fraction of sp³-hybridized carbons (Fsp3) is 0.286. The average molecular weight is 379 g/mol. The van der Waals surface area contributed by atoms with Crippen LogP contribution in [0.5, 0.6) is 11.5 Å². The van der Waals surface area contributed by atoms with Gasteiger partial charge in [-0.25, -0.2) is 4.98 Å². The van der Waals surface area contributed by atoms with Crippen LogP contribution < -0.4 is 20.3 Å². The van der Waals surface area contributed by atoms with Gasteiger partial charge in [-0.3, -0.25) is 9.59 Å². The number of ether oxygens (including phenoxy) is 2. The van der Waals surface area contributed by atoms with E-state index in [0.717, 1.165) is 5.56 Å². The fourth-order valence-electron chi connectivity index (χ4n) is 3.42.